The average Bonchev–Trinajstić information content (AvgIpc) is 3.26. The van der Waals surface area contributed by atoms with Gasteiger partial charge in [0.15, 0.2) is 6.29 Å². The summed E-state index contributed by atoms with van der Waals surface area (Å²) in [6.07, 6.45) is 1.01. The second kappa shape index (κ2) is 24.7. The summed E-state index contributed by atoms with van der Waals surface area (Å²) in [5.41, 5.74) is 11.7. The molecule has 8 amide bonds. The summed E-state index contributed by atoms with van der Waals surface area (Å²) in [7, 11) is 0. The molecule has 6 rings (SSSR count). The van der Waals surface area contributed by atoms with Crippen LogP contribution in [0.5, 0.6) is 0 Å². The van der Waals surface area contributed by atoms with Crippen molar-refractivity contribution >= 4 is 47.3 Å². The summed E-state index contributed by atoms with van der Waals surface area (Å²) in [6.45, 7) is 3.61. The van der Waals surface area contributed by atoms with Crippen molar-refractivity contribution in [3.63, 3.8) is 0 Å². The first-order valence-electron chi connectivity index (χ1n) is 23.4. The van der Waals surface area contributed by atoms with Gasteiger partial charge in [0.25, 0.3) is 0 Å². The molecule has 9 atom stereocenters. The lowest BCUT2D eigenvalue weighted by atomic mass is 9.53. The number of benzene rings is 1. The van der Waals surface area contributed by atoms with E-state index in [9.17, 15) is 48.6 Å². The molecular formula is C46H70N8O13. The standard InChI is InChI=1S/C46H70N8O13/c1-25(50-44(64)26(2)66-40-38(51-27(3)56)45(67-34(23-55)39(40)60)65-24-28-9-5-4-6-10-28)43(63)53-33(42(48)62)12-13-36(58)52-32(41(47)61)11-7-8-16-49-35(57)14-15-37(59)54-46-20-29-17-30(21-46)19-31(18-29)22-46/h4-6,9-10,25-26,29-34,38-40,45,55,60H,7-8,11-24H2,1-3H3,(H2,47,61)(H2,48,62)(H,49,57)(H,50,64)(H,51,56)(H,52,58)(H,53,63)(H,54,59)/t25-,26+,29?,30?,31?,32-,33+,34+,38+,39+,40+,45-,46?/m0/s1. The van der Waals surface area contributed by atoms with E-state index in [1.54, 1.807) is 24.3 Å². The van der Waals surface area contributed by atoms with Gasteiger partial charge in [-0.15, -0.1) is 0 Å². The van der Waals surface area contributed by atoms with Crippen LogP contribution in [0.2, 0.25) is 0 Å². The van der Waals surface area contributed by atoms with Crippen LogP contribution in [0, 0.1) is 17.8 Å². The van der Waals surface area contributed by atoms with Gasteiger partial charge in [-0.2, -0.15) is 0 Å². The molecule has 1 heterocycles. The highest BCUT2D eigenvalue weighted by Crippen LogP contribution is 2.55. The molecule has 4 saturated carbocycles. The van der Waals surface area contributed by atoms with Crippen LogP contribution in [0.15, 0.2) is 30.3 Å². The molecule has 0 unspecified atom stereocenters. The number of hydrogen-bond acceptors (Lipinski definition) is 13. The van der Waals surface area contributed by atoms with Crippen molar-refractivity contribution in [3.05, 3.63) is 35.9 Å². The molecule has 12 N–H and O–H groups in total. The maximum atomic E-state index is 13.3. The van der Waals surface area contributed by atoms with E-state index in [0.29, 0.717) is 37.1 Å². The van der Waals surface area contributed by atoms with Crippen molar-refractivity contribution in [2.45, 2.75) is 171 Å². The molecule has 0 radical (unpaired) electrons. The fourth-order valence-electron chi connectivity index (χ4n) is 10.3. The zero-order valence-corrected chi connectivity index (χ0v) is 38.7. The normalized spacial score (nSPS) is 27.9. The van der Waals surface area contributed by atoms with Crippen LogP contribution in [0.1, 0.15) is 110 Å². The second-order valence-corrected chi connectivity index (χ2v) is 18.8. The molecule has 0 aromatic heterocycles. The molecule has 4 aliphatic carbocycles. The van der Waals surface area contributed by atoms with Gasteiger partial charge in [0.05, 0.1) is 13.2 Å². The number of unbranched alkanes of at least 4 members (excludes halogenated alkanes) is 1. The molecular weight excluding hydrogens is 873 g/mol. The molecule has 5 aliphatic rings. The van der Waals surface area contributed by atoms with E-state index in [4.69, 9.17) is 25.7 Å². The highest BCUT2D eigenvalue weighted by atomic mass is 16.7. The van der Waals surface area contributed by atoms with Crippen molar-refractivity contribution in [1.82, 2.24) is 31.9 Å². The minimum absolute atomic E-state index is 0.0469. The Morgan fingerprint density at radius 2 is 1.40 bits per heavy atom. The van der Waals surface area contributed by atoms with E-state index in [0.717, 1.165) is 24.8 Å². The Hall–Kier alpha value is -5.22. The molecule has 21 nitrogen and oxygen atoms in total. The van der Waals surface area contributed by atoms with E-state index in [1.807, 2.05) is 6.07 Å². The van der Waals surface area contributed by atoms with Gasteiger partial charge in [0.2, 0.25) is 47.3 Å². The van der Waals surface area contributed by atoms with Gasteiger partial charge in [-0.3, -0.25) is 38.4 Å². The van der Waals surface area contributed by atoms with E-state index in [2.05, 4.69) is 31.9 Å². The summed E-state index contributed by atoms with van der Waals surface area (Å²) < 4.78 is 17.6. The van der Waals surface area contributed by atoms with Crippen LogP contribution in [-0.2, 0) is 59.2 Å². The highest BCUT2D eigenvalue weighted by molar-refractivity contribution is 5.92. The number of nitrogens with one attached hydrogen (secondary N) is 6. The van der Waals surface area contributed by atoms with E-state index >= 15 is 0 Å². The molecule has 1 aromatic carbocycles. The van der Waals surface area contributed by atoms with Crippen LogP contribution in [0.4, 0.5) is 0 Å². The maximum absolute atomic E-state index is 13.3. The summed E-state index contributed by atoms with van der Waals surface area (Å²) in [5, 5.41) is 37.1. The Morgan fingerprint density at radius 3 is 2.00 bits per heavy atom. The molecule has 1 saturated heterocycles. The molecule has 1 aliphatic heterocycles. The zero-order valence-electron chi connectivity index (χ0n) is 38.7. The van der Waals surface area contributed by atoms with Crippen molar-refractivity contribution in [2.24, 2.45) is 29.2 Å². The Bertz CT molecular complexity index is 1870. The number of primary amides is 2. The van der Waals surface area contributed by atoms with Gasteiger partial charge in [0.1, 0.15) is 48.6 Å². The number of nitrogens with two attached hydrogens (primary N) is 2. The summed E-state index contributed by atoms with van der Waals surface area (Å²) in [6, 6.07) is 4.27. The third-order valence-electron chi connectivity index (χ3n) is 13.2. The van der Waals surface area contributed by atoms with Crippen molar-refractivity contribution in [3.8, 4) is 0 Å². The van der Waals surface area contributed by atoms with Crippen LogP contribution in [-0.4, -0.2) is 131 Å². The number of aliphatic hydroxyl groups excluding tert-OH is 2. The lowest BCUT2D eigenvalue weighted by Gasteiger charge is -2.56. The third kappa shape index (κ3) is 15.7. The molecule has 67 heavy (non-hydrogen) atoms. The lowest BCUT2D eigenvalue weighted by Crippen LogP contribution is -2.66. The average molecular weight is 943 g/mol. The number of aliphatic hydroxyl groups is 2. The third-order valence-corrected chi connectivity index (χ3v) is 13.2. The SMILES string of the molecule is CC(=O)N[C@H]1[C@@H](OCc2ccccc2)O[C@H](CO)[C@@H](O)[C@@H]1O[C@H](C)C(=O)N[C@@H](C)C(=O)N[C@H](CCC(=O)N[C@@H](CCCCNC(=O)CCC(=O)NC12CC3CC(CC(C3)C1)C2)C(N)=O)C(N)=O. The van der Waals surface area contributed by atoms with Gasteiger partial charge in [-0.1, -0.05) is 30.3 Å². The smallest absolute Gasteiger partial charge is 0.249 e. The fourth-order valence-corrected chi connectivity index (χ4v) is 10.3. The zero-order chi connectivity index (χ0) is 48.8. The molecule has 0 spiro atoms. The Balaban J connectivity index is 1.00. The fraction of sp³-hybridized carbons (Fsp3) is 0.696. The van der Waals surface area contributed by atoms with Crippen molar-refractivity contribution < 1.29 is 62.8 Å². The van der Waals surface area contributed by atoms with Crippen LogP contribution in [0.25, 0.3) is 0 Å². The Labute approximate surface area is 390 Å². The Morgan fingerprint density at radius 1 is 0.791 bits per heavy atom. The number of carbonyl (C=O) groups is 8. The number of ether oxygens (including phenoxy) is 3. The van der Waals surface area contributed by atoms with Gasteiger partial charge < -0.3 is 67.8 Å². The molecule has 1 aromatic rings. The quantitative estimate of drug-likeness (QED) is 0.0496. The predicted octanol–water partition coefficient (Wildman–Crippen LogP) is -1.06. The maximum Gasteiger partial charge on any atom is 0.249 e. The van der Waals surface area contributed by atoms with E-state index < -0.39 is 96.9 Å². The summed E-state index contributed by atoms with van der Waals surface area (Å²) >= 11 is 0. The van der Waals surface area contributed by atoms with Gasteiger partial charge in [-0.25, -0.2) is 0 Å². The largest absolute Gasteiger partial charge is 0.394 e. The van der Waals surface area contributed by atoms with Crippen molar-refractivity contribution in [1.29, 1.82) is 0 Å². The van der Waals surface area contributed by atoms with Crippen LogP contribution >= 0.6 is 0 Å². The summed E-state index contributed by atoms with van der Waals surface area (Å²) in [4.78, 5) is 101. The first-order valence-corrected chi connectivity index (χ1v) is 23.4. The molecule has 4 bridgehead atoms. The monoisotopic (exact) mass is 943 g/mol. The molecule has 21 heteroatoms. The minimum atomic E-state index is -1.52. The van der Waals surface area contributed by atoms with Crippen LogP contribution < -0.4 is 43.4 Å². The number of rotatable bonds is 26. The van der Waals surface area contributed by atoms with Gasteiger partial charge in [-0.05, 0) is 101 Å². The number of hydrogen-bond donors (Lipinski definition) is 10. The molecule has 5 fully saturated rings. The van der Waals surface area contributed by atoms with E-state index in [1.165, 1.54) is 40.0 Å². The topological polar surface area (TPSA) is 329 Å². The highest BCUT2D eigenvalue weighted by Gasteiger charge is 2.52. The van der Waals surface area contributed by atoms with Gasteiger partial charge >= 0.3 is 0 Å². The summed E-state index contributed by atoms with van der Waals surface area (Å²) in [5.74, 6) is -2.79. The van der Waals surface area contributed by atoms with E-state index in [-0.39, 0.29) is 56.1 Å². The number of amides is 8. The first-order chi connectivity index (χ1) is 31.8. The number of carbonyl (C=O) groups excluding carboxylic acids is 8. The Kier molecular flexibility index (Phi) is 19.4. The van der Waals surface area contributed by atoms with Crippen LogP contribution in [0.3, 0.4) is 0 Å². The second-order valence-electron chi connectivity index (χ2n) is 18.8. The van der Waals surface area contributed by atoms with Gasteiger partial charge in [0, 0.05) is 38.3 Å². The predicted molar refractivity (Wildman–Crippen MR) is 239 cm³/mol. The first kappa shape index (κ1) is 52.7. The minimum Gasteiger partial charge on any atom is -0.394 e. The lowest BCUT2D eigenvalue weighted by molar-refractivity contribution is -0.283. The molecule has 372 valence electrons. The van der Waals surface area contributed by atoms with Crippen molar-refractivity contribution in [2.75, 3.05) is 13.2 Å².